The molecule has 1 N–H and O–H groups in total. The fourth-order valence-corrected chi connectivity index (χ4v) is 3.82. The van der Waals surface area contributed by atoms with Gasteiger partial charge in [0.05, 0.1) is 18.3 Å². The molecule has 0 bridgehead atoms. The predicted octanol–water partition coefficient (Wildman–Crippen LogP) is 4.24. The van der Waals surface area contributed by atoms with Crippen LogP contribution in [0.25, 0.3) is 0 Å². The van der Waals surface area contributed by atoms with Gasteiger partial charge in [0.15, 0.2) is 0 Å². The maximum atomic E-state index is 5.59. The van der Waals surface area contributed by atoms with E-state index in [9.17, 15) is 0 Å². The van der Waals surface area contributed by atoms with Crippen LogP contribution >= 0.6 is 31.9 Å². The van der Waals surface area contributed by atoms with Gasteiger partial charge in [0.2, 0.25) is 0 Å². The summed E-state index contributed by atoms with van der Waals surface area (Å²) in [6, 6.07) is 8.51. The van der Waals surface area contributed by atoms with Crippen LogP contribution in [0.15, 0.2) is 39.4 Å². The lowest BCUT2D eigenvalue weighted by atomic mass is 9.99. The number of fused-ring (bicyclic) bond motifs is 1. The van der Waals surface area contributed by atoms with E-state index in [1.165, 1.54) is 11.1 Å². The fraction of sp³-hybridized carbons (Fsp3) is 0.312. The molecule has 1 unspecified atom stereocenters. The standard InChI is InChI=1S/C16H16Br2N2O/c1-2-19-15(16-13(18)8-12(17)9-20-16)11-3-4-14-10(7-11)5-6-21-14/h3-4,7-9,15,19H,2,5-6H2,1H3. The Hall–Kier alpha value is -0.910. The Labute approximate surface area is 141 Å². The molecule has 0 amide bonds. The highest BCUT2D eigenvalue weighted by molar-refractivity contribution is 9.11. The molecule has 5 heteroatoms. The van der Waals surface area contributed by atoms with Gasteiger partial charge in [-0.15, -0.1) is 0 Å². The number of nitrogens with zero attached hydrogens (tertiary/aromatic N) is 1. The second-order valence-corrected chi connectivity index (χ2v) is 6.75. The SMILES string of the molecule is CCNC(c1ccc2c(c1)CCO2)c1ncc(Br)cc1Br. The molecule has 0 saturated heterocycles. The minimum atomic E-state index is 0.0726. The summed E-state index contributed by atoms with van der Waals surface area (Å²) in [6.45, 7) is 3.77. The Morgan fingerprint density at radius 1 is 1.33 bits per heavy atom. The summed E-state index contributed by atoms with van der Waals surface area (Å²) in [5.41, 5.74) is 3.50. The Kier molecular flexibility index (Phi) is 4.62. The molecule has 1 aromatic carbocycles. The van der Waals surface area contributed by atoms with Crippen LogP contribution in [-0.2, 0) is 6.42 Å². The van der Waals surface area contributed by atoms with Crippen molar-refractivity contribution in [3.63, 3.8) is 0 Å². The number of halogens is 2. The minimum Gasteiger partial charge on any atom is -0.493 e. The van der Waals surface area contributed by atoms with Crippen molar-refractivity contribution in [2.24, 2.45) is 0 Å². The third-order valence-electron chi connectivity index (χ3n) is 3.56. The lowest BCUT2D eigenvalue weighted by Gasteiger charge is -2.20. The third kappa shape index (κ3) is 3.15. The Morgan fingerprint density at radius 3 is 2.95 bits per heavy atom. The average molecular weight is 412 g/mol. The van der Waals surface area contributed by atoms with Gasteiger partial charge < -0.3 is 10.1 Å². The van der Waals surface area contributed by atoms with Crippen LogP contribution in [0.4, 0.5) is 0 Å². The molecular formula is C16H16Br2N2O. The van der Waals surface area contributed by atoms with Crippen molar-refractivity contribution in [2.45, 2.75) is 19.4 Å². The molecule has 1 aromatic heterocycles. The topological polar surface area (TPSA) is 34.1 Å². The molecule has 3 rings (SSSR count). The van der Waals surface area contributed by atoms with Crippen LogP contribution in [0.2, 0.25) is 0 Å². The first kappa shape index (κ1) is 15.0. The van der Waals surface area contributed by atoms with Crippen molar-refractivity contribution in [2.75, 3.05) is 13.2 Å². The van der Waals surface area contributed by atoms with Crippen molar-refractivity contribution < 1.29 is 4.74 Å². The zero-order valence-electron chi connectivity index (χ0n) is 11.7. The lowest BCUT2D eigenvalue weighted by molar-refractivity contribution is 0.357. The highest BCUT2D eigenvalue weighted by atomic mass is 79.9. The number of hydrogen-bond acceptors (Lipinski definition) is 3. The smallest absolute Gasteiger partial charge is 0.122 e. The van der Waals surface area contributed by atoms with Gasteiger partial charge in [-0.1, -0.05) is 19.1 Å². The second kappa shape index (κ2) is 6.46. The molecule has 0 aliphatic carbocycles. The van der Waals surface area contributed by atoms with Gasteiger partial charge in [-0.05, 0) is 61.7 Å². The molecule has 0 saturated carbocycles. The molecule has 0 radical (unpaired) electrons. The number of nitrogens with one attached hydrogen (secondary N) is 1. The number of rotatable bonds is 4. The molecule has 2 aromatic rings. The summed E-state index contributed by atoms with van der Waals surface area (Å²) >= 11 is 7.07. The number of ether oxygens (including phenoxy) is 1. The molecule has 0 spiro atoms. The van der Waals surface area contributed by atoms with E-state index in [2.05, 4.69) is 67.3 Å². The van der Waals surface area contributed by atoms with Crippen LogP contribution in [-0.4, -0.2) is 18.1 Å². The highest BCUT2D eigenvalue weighted by Crippen LogP contribution is 2.33. The van der Waals surface area contributed by atoms with E-state index in [1.54, 1.807) is 0 Å². The number of hydrogen-bond donors (Lipinski definition) is 1. The van der Waals surface area contributed by atoms with Gasteiger partial charge in [0.1, 0.15) is 5.75 Å². The number of benzene rings is 1. The molecule has 1 aliphatic heterocycles. The van der Waals surface area contributed by atoms with Gasteiger partial charge in [-0.25, -0.2) is 0 Å². The van der Waals surface area contributed by atoms with Gasteiger partial charge in [-0.2, -0.15) is 0 Å². The first-order chi connectivity index (χ1) is 10.2. The summed E-state index contributed by atoms with van der Waals surface area (Å²) < 4.78 is 7.55. The summed E-state index contributed by atoms with van der Waals surface area (Å²) in [5.74, 6) is 1.01. The summed E-state index contributed by atoms with van der Waals surface area (Å²) in [5, 5.41) is 3.52. The van der Waals surface area contributed by atoms with Crippen molar-refractivity contribution in [3.05, 3.63) is 56.2 Å². The maximum absolute atomic E-state index is 5.59. The van der Waals surface area contributed by atoms with Crippen molar-refractivity contribution in [3.8, 4) is 5.75 Å². The van der Waals surface area contributed by atoms with Crippen molar-refractivity contribution >= 4 is 31.9 Å². The summed E-state index contributed by atoms with van der Waals surface area (Å²) in [4.78, 5) is 4.58. The zero-order chi connectivity index (χ0) is 14.8. The van der Waals surface area contributed by atoms with E-state index in [-0.39, 0.29) is 6.04 Å². The Bertz CT molecular complexity index is 661. The van der Waals surface area contributed by atoms with Crippen LogP contribution in [0, 0.1) is 0 Å². The highest BCUT2D eigenvalue weighted by Gasteiger charge is 2.20. The molecule has 2 heterocycles. The van der Waals surface area contributed by atoms with Gasteiger partial charge in [0.25, 0.3) is 0 Å². The van der Waals surface area contributed by atoms with Crippen LogP contribution in [0.5, 0.6) is 5.75 Å². The summed E-state index contributed by atoms with van der Waals surface area (Å²) in [6.07, 6.45) is 2.82. The fourth-order valence-electron chi connectivity index (χ4n) is 2.60. The van der Waals surface area contributed by atoms with Gasteiger partial charge in [0, 0.05) is 21.6 Å². The largest absolute Gasteiger partial charge is 0.493 e. The second-order valence-electron chi connectivity index (χ2n) is 4.98. The first-order valence-corrected chi connectivity index (χ1v) is 8.57. The number of aromatic nitrogens is 1. The molecule has 0 fully saturated rings. The van der Waals surface area contributed by atoms with E-state index in [0.717, 1.165) is 40.0 Å². The Balaban J connectivity index is 2.01. The van der Waals surface area contributed by atoms with Crippen LogP contribution in [0.3, 0.4) is 0 Å². The zero-order valence-corrected chi connectivity index (χ0v) is 14.9. The van der Waals surface area contributed by atoms with Crippen LogP contribution in [0.1, 0.15) is 29.8 Å². The van der Waals surface area contributed by atoms with Gasteiger partial charge in [-0.3, -0.25) is 4.98 Å². The lowest BCUT2D eigenvalue weighted by Crippen LogP contribution is -2.23. The van der Waals surface area contributed by atoms with Gasteiger partial charge >= 0.3 is 0 Å². The summed E-state index contributed by atoms with van der Waals surface area (Å²) in [7, 11) is 0. The van der Waals surface area contributed by atoms with E-state index in [1.807, 2.05) is 12.3 Å². The van der Waals surface area contributed by atoms with E-state index in [4.69, 9.17) is 4.74 Å². The average Bonchev–Trinajstić information content (AvgIpc) is 2.93. The Morgan fingerprint density at radius 2 is 2.19 bits per heavy atom. The minimum absolute atomic E-state index is 0.0726. The predicted molar refractivity (Wildman–Crippen MR) is 90.8 cm³/mol. The molecule has 21 heavy (non-hydrogen) atoms. The van der Waals surface area contributed by atoms with E-state index in [0.29, 0.717) is 0 Å². The van der Waals surface area contributed by atoms with Crippen molar-refractivity contribution in [1.29, 1.82) is 0 Å². The normalized spacial score (nSPS) is 14.6. The molecule has 3 nitrogen and oxygen atoms in total. The first-order valence-electron chi connectivity index (χ1n) is 6.99. The molecule has 1 aliphatic rings. The quantitative estimate of drug-likeness (QED) is 0.816. The molecule has 1 atom stereocenters. The molecular weight excluding hydrogens is 396 g/mol. The van der Waals surface area contributed by atoms with Crippen LogP contribution < -0.4 is 10.1 Å². The number of pyridine rings is 1. The van der Waals surface area contributed by atoms with E-state index < -0.39 is 0 Å². The van der Waals surface area contributed by atoms with E-state index >= 15 is 0 Å². The third-order valence-corrected chi connectivity index (χ3v) is 4.63. The van der Waals surface area contributed by atoms with Crippen molar-refractivity contribution in [1.82, 2.24) is 10.3 Å². The maximum Gasteiger partial charge on any atom is 0.122 e. The molecule has 110 valence electrons. The monoisotopic (exact) mass is 410 g/mol.